The van der Waals surface area contributed by atoms with Gasteiger partial charge < -0.3 is 40.2 Å². The molecule has 4 atom stereocenters. The summed E-state index contributed by atoms with van der Waals surface area (Å²) in [5.41, 5.74) is 0. The molecule has 0 aromatic rings. The molecule has 9 heteroatoms. The Bertz CT molecular complexity index is 208. The van der Waals surface area contributed by atoms with E-state index in [0.29, 0.717) is 0 Å². The van der Waals surface area contributed by atoms with E-state index in [2.05, 4.69) is 0 Å². The summed E-state index contributed by atoms with van der Waals surface area (Å²) in [5.74, 6) is -1.08. The van der Waals surface area contributed by atoms with Gasteiger partial charge in [0.25, 0.3) is 0 Å². The average molecular weight is 278 g/mol. The number of carbonyl (C=O) groups is 2. The molecule has 0 saturated heterocycles. The number of carboxylic acid groups (broad SMARTS) is 1. The van der Waals surface area contributed by atoms with Crippen molar-refractivity contribution in [1.82, 2.24) is 0 Å². The molecule has 0 saturated carbocycles. The second-order valence-corrected chi connectivity index (χ2v) is 2.85. The topological polar surface area (TPSA) is 158 Å². The summed E-state index contributed by atoms with van der Waals surface area (Å²) in [6.45, 7) is 0.212. The standard InChI is InChI=1S/C6H12O6.C2H4O2.K/c7-1-3(9)5(11)6(12)4(10)2-8;1-2(3)4;/h1,3-6,8-12H,2H2;1H3,(H,3,4);/q;;+1/p-1/t3-,4+,5+,6+;;/m0../s1. The molecule has 0 aromatic heterocycles. The van der Waals surface area contributed by atoms with E-state index in [1.807, 2.05) is 0 Å². The molecule has 0 radical (unpaired) electrons. The third-order valence-electron chi connectivity index (χ3n) is 1.42. The van der Waals surface area contributed by atoms with Crippen molar-refractivity contribution in [2.75, 3.05) is 6.61 Å². The van der Waals surface area contributed by atoms with Crippen LogP contribution in [-0.2, 0) is 9.59 Å². The third-order valence-corrected chi connectivity index (χ3v) is 1.42. The molecule has 0 amide bonds. The minimum absolute atomic E-state index is 0. The maximum absolute atomic E-state index is 9.90. The van der Waals surface area contributed by atoms with Crippen molar-refractivity contribution in [2.24, 2.45) is 0 Å². The van der Waals surface area contributed by atoms with Crippen molar-refractivity contribution < 1.29 is 91.6 Å². The Morgan fingerprint density at radius 3 is 1.82 bits per heavy atom. The molecule has 0 bridgehead atoms. The SMILES string of the molecule is CC(=O)[O-].O=C[C@H](O)[C@@H](O)[C@H](O)[C@H](O)CO.[K+]. The van der Waals surface area contributed by atoms with Crippen LogP contribution in [-0.4, -0.2) is 68.8 Å². The van der Waals surface area contributed by atoms with Crippen LogP contribution >= 0.6 is 0 Å². The van der Waals surface area contributed by atoms with E-state index < -0.39 is 37.0 Å². The summed E-state index contributed by atoms with van der Waals surface area (Å²) in [5, 5.41) is 52.4. The van der Waals surface area contributed by atoms with Gasteiger partial charge in [0.15, 0.2) is 6.29 Å². The van der Waals surface area contributed by atoms with E-state index in [9.17, 15) is 4.79 Å². The second kappa shape index (κ2) is 13.0. The zero-order valence-electron chi connectivity index (χ0n) is 9.55. The fraction of sp³-hybridized carbons (Fsp3) is 0.750. The molecule has 0 fully saturated rings. The van der Waals surface area contributed by atoms with Gasteiger partial charge in [0.05, 0.1) is 6.61 Å². The average Bonchev–Trinajstić information content (AvgIpc) is 2.24. The molecule has 5 N–H and O–H groups in total. The fourth-order valence-electron chi connectivity index (χ4n) is 0.618. The first kappa shape index (κ1) is 22.7. The summed E-state index contributed by atoms with van der Waals surface area (Å²) < 4.78 is 0. The predicted octanol–water partition coefficient (Wildman–Crippen LogP) is -7.62. The summed E-state index contributed by atoms with van der Waals surface area (Å²) in [6.07, 6.45) is -6.84. The minimum atomic E-state index is -1.79. The Kier molecular flexibility index (Phi) is 17.4. The van der Waals surface area contributed by atoms with Crippen LogP contribution in [0.3, 0.4) is 0 Å². The molecule has 8 nitrogen and oxygen atoms in total. The van der Waals surface area contributed by atoms with Crippen LogP contribution in [0.25, 0.3) is 0 Å². The minimum Gasteiger partial charge on any atom is -0.550 e. The van der Waals surface area contributed by atoms with Gasteiger partial charge in [-0.1, -0.05) is 0 Å². The summed E-state index contributed by atoms with van der Waals surface area (Å²) >= 11 is 0. The first-order valence-electron chi connectivity index (χ1n) is 4.23. The van der Waals surface area contributed by atoms with Crippen LogP contribution in [0.4, 0.5) is 0 Å². The van der Waals surface area contributed by atoms with Gasteiger partial charge in [-0.3, -0.25) is 0 Å². The molecular weight excluding hydrogens is 263 g/mol. The Balaban J connectivity index is -0.000000340. The van der Waals surface area contributed by atoms with Crippen molar-refractivity contribution >= 4 is 12.3 Å². The van der Waals surface area contributed by atoms with Gasteiger partial charge in [0.2, 0.25) is 0 Å². The number of aldehydes is 1. The Morgan fingerprint density at radius 1 is 1.24 bits per heavy atom. The van der Waals surface area contributed by atoms with E-state index in [1.54, 1.807) is 0 Å². The van der Waals surface area contributed by atoms with Gasteiger partial charge in [0, 0.05) is 5.97 Å². The van der Waals surface area contributed by atoms with Gasteiger partial charge in [-0.25, -0.2) is 0 Å². The van der Waals surface area contributed by atoms with Gasteiger partial charge in [-0.15, -0.1) is 0 Å². The van der Waals surface area contributed by atoms with Gasteiger partial charge in [0.1, 0.15) is 24.4 Å². The number of rotatable bonds is 5. The molecule has 0 spiro atoms. The van der Waals surface area contributed by atoms with Crippen LogP contribution in [0.5, 0.6) is 0 Å². The molecule has 96 valence electrons. The Labute approximate surface area is 140 Å². The molecule has 0 rings (SSSR count). The third kappa shape index (κ3) is 12.8. The number of carbonyl (C=O) groups excluding carboxylic acids is 2. The number of aliphatic carboxylic acids is 1. The zero-order chi connectivity index (χ0) is 13.3. The van der Waals surface area contributed by atoms with Crippen molar-refractivity contribution in [1.29, 1.82) is 0 Å². The number of carboxylic acids is 1. The van der Waals surface area contributed by atoms with Gasteiger partial charge in [-0.2, -0.15) is 0 Å². The maximum Gasteiger partial charge on any atom is 1.00 e. The van der Waals surface area contributed by atoms with Gasteiger partial charge >= 0.3 is 51.4 Å². The molecule has 0 aliphatic heterocycles. The van der Waals surface area contributed by atoms with E-state index in [4.69, 9.17) is 35.4 Å². The monoisotopic (exact) mass is 278 g/mol. The Hall–Kier alpha value is 0.576. The smallest absolute Gasteiger partial charge is 0.550 e. The van der Waals surface area contributed by atoms with E-state index >= 15 is 0 Å². The molecular formula is C8H15KO8. The second-order valence-electron chi connectivity index (χ2n) is 2.85. The number of aliphatic hydroxyl groups is 5. The zero-order valence-corrected chi connectivity index (χ0v) is 12.7. The Morgan fingerprint density at radius 2 is 1.59 bits per heavy atom. The van der Waals surface area contributed by atoms with Crippen LogP contribution in [0.15, 0.2) is 0 Å². The van der Waals surface area contributed by atoms with Gasteiger partial charge in [-0.05, 0) is 6.92 Å². The number of aliphatic hydroxyl groups excluding tert-OH is 5. The molecule has 0 unspecified atom stereocenters. The summed E-state index contributed by atoms with van der Waals surface area (Å²) in [4.78, 5) is 18.8. The number of hydrogen-bond donors (Lipinski definition) is 5. The normalized spacial score (nSPS) is 16.4. The molecule has 17 heavy (non-hydrogen) atoms. The quantitative estimate of drug-likeness (QED) is 0.245. The summed E-state index contributed by atoms with van der Waals surface area (Å²) in [6, 6.07) is 0. The largest absolute Gasteiger partial charge is 1.00 e. The van der Waals surface area contributed by atoms with Crippen molar-refractivity contribution in [3.63, 3.8) is 0 Å². The van der Waals surface area contributed by atoms with E-state index in [-0.39, 0.29) is 57.7 Å². The maximum atomic E-state index is 9.90. The van der Waals surface area contributed by atoms with E-state index in [1.165, 1.54) is 0 Å². The van der Waals surface area contributed by atoms with E-state index in [0.717, 1.165) is 6.92 Å². The molecule has 0 aliphatic carbocycles. The molecule has 0 aromatic carbocycles. The van der Waals surface area contributed by atoms with Crippen LogP contribution < -0.4 is 56.5 Å². The van der Waals surface area contributed by atoms with Crippen LogP contribution in [0.1, 0.15) is 6.92 Å². The number of hydrogen-bond acceptors (Lipinski definition) is 8. The molecule has 0 heterocycles. The van der Waals surface area contributed by atoms with Crippen LogP contribution in [0, 0.1) is 0 Å². The van der Waals surface area contributed by atoms with Crippen molar-refractivity contribution in [3.8, 4) is 0 Å². The molecule has 0 aliphatic rings. The fourth-order valence-corrected chi connectivity index (χ4v) is 0.618. The first-order chi connectivity index (χ1) is 7.27. The predicted molar refractivity (Wildman–Crippen MR) is 47.9 cm³/mol. The van der Waals surface area contributed by atoms with Crippen LogP contribution in [0.2, 0.25) is 0 Å². The first-order valence-corrected chi connectivity index (χ1v) is 4.23. The van der Waals surface area contributed by atoms with Crippen molar-refractivity contribution in [2.45, 2.75) is 31.3 Å². The van der Waals surface area contributed by atoms with Crippen molar-refractivity contribution in [3.05, 3.63) is 0 Å². The summed E-state index contributed by atoms with van der Waals surface area (Å²) in [7, 11) is 0.